The molecule has 6 rings (SSSR count). The van der Waals surface area contributed by atoms with Crippen LogP contribution in [0.4, 0.5) is 0 Å². The monoisotopic (exact) mass is 548 g/mol. The van der Waals surface area contributed by atoms with Crippen LogP contribution in [0, 0.1) is 0 Å². The third-order valence-corrected chi connectivity index (χ3v) is 7.52. The number of ether oxygens (including phenoxy) is 1. The molecule has 0 spiro atoms. The molecule has 2 aromatic carbocycles. The van der Waals surface area contributed by atoms with Gasteiger partial charge in [0.25, 0.3) is 5.56 Å². The first kappa shape index (κ1) is 25.6. The van der Waals surface area contributed by atoms with Crippen molar-refractivity contribution in [2.75, 3.05) is 6.61 Å². The normalized spacial score (nSPS) is 11.9. The maximum atomic E-state index is 13.3. The molecule has 4 heterocycles. The lowest BCUT2D eigenvalue weighted by molar-refractivity contribution is 0.305. The van der Waals surface area contributed by atoms with Gasteiger partial charge in [0, 0.05) is 35.3 Å². The second-order valence-electron chi connectivity index (χ2n) is 9.43. The standard InChI is InChI=1S/C31H28N6O2S/c1-2-3-4-8-19-39-26-13-11-22(12-14-26)28-24(21-36(34-28)25-9-6-5-7-10-25)20-27-30(38)37-31(40-27)33-29(35-37)23-15-17-32-18-16-23/h5-7,9-18,20-21H,2-4,8,19H2,1H3/b27-20-. The number of fused-ring (bicyclic) bond motifs is 1. The van der Waals surface area contributed by atoms with Gasteiger partial charge in [-0.05, 0) is 61.0 Å². The van der Waals surface area contributed by atoms with E-state index in [1.165, 1.54) is 35.1 Å². The van der Waals surface area contributed by atoms with Gasteiger partial charge in [-0.3, -0.25) is 9.78 Å². The number of benzene rings is 2. The number of para-hydroxylation sites is 1. The zero-order valence-corrected chi connectivity index (χ0v) is 22.9. The summed E-state index contributed by atoms with van der Waals surface area (Å²) in [6.45, 7) is 2.92. The lowest BCUT2D eigenvalue weighted by Crippen LogP contribution is -2.23. The third kappa shape index (κ3) is 5.41. The second kappa shape index (κ2) is 11.6. The highest BCUT2D eigenvalue weighted by atomic mass is 32.1. The van der Waals surface area contributed by atoms with Crippen LogP contribution in [0.2, 0.25) is 0 Å². The molecule has 0 unspecified atom stereocenters. The molecule has 0 N–H and O–H groups in total. The van der Waals surface area contributed by atoms with E-state index in [4.69, 9.17) is 9.84 Å². The van der Waals surface area contributed by atoms with Gasteiger partial charge in [0.2, 0.25) is 4.96 Å². The molecule has 0 saturated carbocycles. The maximum Gasteiger partial charge on any atom is 0.291 e. The van der Waals surface area contributed by atoms with Crippen molar-refractivity contribution in [1.82, 2.24) is 29.4 Å². The Kier molecular flexibility index (Phi) is 7.45. The second-order valence-corrected chi connectivity index (χ2v) is 10.4. The fraction of sp³-hybridized carbons (Fsp3) is 0.194. The lowest BCUT2D eigenvalue weighted by Gasteiger charge is -2.07. The molecule has 0 radical (unpaired) electrons. The summed E-state index contributed by atoms with van der Waals surface area (Å²) in [7, 11) is 0. The van der Waals surface area contributed by atoms with Crippen LogP contribution in [0.3, 0.4) is 0 Å². The van der Waals surface area contributed by atoms with E-state index < -0.39 is 0 Å². The Morgan fingerprint density at radius 1 is 0.900 bits per heavy atom. The molecule has 0 aliphatic heterocycles. The lowest BCUT2D eigenvalue weighted by atomic mass is 10.1. The van der Waals surface area contributed by atoms with Crippen molar-refractivity contribution in [3.8, 4) is 34.1 Å². The van der Waals surface area contributed by atoms with Crippen LogP contribution in [-0.4, -0.2) is 36.0 Å². The predicted molar refractivity (Wildman–Crippen MR) is 158 cm³/mol. The van der Waals surface area contributed by atoms with Gasteiger partial charge in [0.05, 0.1) is 16.8 Å². The van der Waals surface area contributed by atoms with E-state index >= 15 is 0 Å². The van der Waals surface area contributed by atoms with Crippen LogP contribution in [0.5, 0.6) is 5.75 Å². The highest BCUT2D eigenvalue weighted by Gasteiger charge is 2.15. The van der Waals surface area contributed by atoms with Gasteiger partial charge in [-0.2, -0.15) is 14.6 Å². The van der Waals surface area contributed by atoms with Crippen LogP contribution in [-0.2, 0) is 0 Å². The van der Waals surface area contributed by atoms with Crippen LogP contribution in [0.25, 0.3) is 39.4 Å². The molecular weight excluding hydrogens is 520 g/mol. The summed E-state index contributed by atoms with van der Waals surface area (Å²) >= 11 is 1.31. The van der Waals surface area contributed by atoms with E-state index in [0.717, 1.165) is 40.2 Å². The minimum absolute atomic E-state index is 0.210. The number of rotatable bonds is 10. The zero-order valence-electron chi connectivity index (χ0n) is 22.1. The van der Waals surface area contributed by atoms with E-state index in [0.29, 0.717) is 21.9 Å². The number of hydrogen-bond donors (Lipinski definition) is 0. The number of unbranched alkanes of at least 4 members (excludes halogenated alkanes) is 3. The quantitative estimate of drug-likeness (QED) is 0.208. The molecule has 40 heavy (non-hydrogen) atoms. The summed E-state index contributed by atoms with van der Waals surface area (Å²) in [6.07, 6.45) is 11.8. The topological polar surface area (TPSA) is 87.2 Å². The number of nitrogens with zero attached hydrogens (tertiary/aromatic N) is 6. The van der Waals surface area contributed by atoms with Crippen LogP contribution < -0.4 is 14.8 Å². The number of thiazole rings is 1. The first-order valence-electron chi connectivity index (χ1n) is 13.4. The van der Waals surface area contributed by atoms with Crippen molar-refractivity contribution in [1.29, 1.82) is 0 Å². The number of hydrogen-bond acceptors (Lipinski definition) is 7. The minimum atomic E-state index is -0.210. The van der Waals surface area contributed by atoms with Crippen molar-refractivity contribution in [3.63, 3.8) is 0 Å². The van der Waals surface area contributed by atoms with Crippen LogP contribution in [0.15, 0.2) is 90.1 Å². The molecule has 0 bridgehead atoms. The molecule has 0 fully saturated rings. The van der Waals surface area contributed by atoms with Crippen molar-refractivity contribution >= 4 is 22.4 Å². The van der Waals surface area contributed by atoms with E-state index in [9.17, 15) is 4.79 Å². The van der Waals surface area contributed by atoms with Crippen LogP contribution in [0.1, 0.15) is 38.2 Å². The molecule has 0 aliphatic rings. The molecule has 0 atom stereocenters. The molecule has 4 aromatic heterocycles. The molecule has 0 amide bonds. The maximum absolute atomic E-state index is 13.3. The van der Waals surface area contributed by atoms with Gasteiger partial charge in [0.15, 0.2) is 5.82 Å². The van der Waals surface area contributed by atoms with Crippen molar-refractivity contribution < 1.29 is 4.74 Å². The summed E-state index contributed by atoms with van der Waals surface area (Å²) in [4.78, 5) is 22.5. The van der Waals surface area contributed by atoms with Crippen molar-refractivity contribution in [3.05, 3.63) is 106 Å². The summed E-state index contributed by atoms with van der Waals surface area (Å²) in [5, 5.41) is 9.35. The number of pyridine rings is 1. The summed E-state index contributed by atoms with van der Waals surface area (Å²) in [5.74, 6) is 1.34. The zero-order chi connectivity index (χ0) is 27.3. The highest BCUT2D eigenvalue weighted by molar-refractivity contribution is 7.15. The number of aromatic nitrogens is 6. The molecule has 0 aliphatic carbocycles. The van der Waals surface area contributed by atoms with E-state index in [-0.39, 0.29) is 5.56 Å². The smallest absolute Gasteiger partial charge is 0.291 e. The molecule has 8 nitrogen and oxygen atoms in total. The first-order chi connectivity index (χ1) is 19.7. The van der Waals surface area contributed by atoms with Gasteiger partial charge in [-0.15, -0.1) is 5.10 Å². The van der Waals surface area contributed by atoms with E-state index in [1.807, 2.05) is 83.7 Å². The van der Waals surface area contributed by atoms with E-state index in [1.54, 1.807) is 12.4 Å². The Balaban J connectivity index is 1.35. The molecule has 200 valence electrons. The fourth-order valence-corrected chi connectivity index (χ4v) is 5.36. The summed E-state index contributed by atoms with van der Waals surface area (Å²) in [5.41, 5.74) is 4.07. The average molecular weight is 549 g/mol. The summed E-state index contributed by atoms with van der Waals surface area (Å²) in [6, 6.07) is 21.5. The fourth-order valence-electron chi connectivity index (χ4n) is 4.46. The highest BCUT2D eigenvalue weighted by Crippen LogP contribution is 2.27. The Bertz CT molecular complexity index is 1830. The Morgan fingerprint density at radius 3 is 2.45 bits per heavy atom. The first-order valence-corrected chi connectivity index (χ1v) is 14.2. The van der Waals surface area contributed by atoms with Gasteiger partial charge < -0.3 is 4.74 Å². The molecule has 9 heteroatoms. The Morgan fingerprint density at radius 2 is 1.70 bits per heavy atom. The largest absolute Gasteiger partial charge is 0.494 e. The van der Waals surface area contributed by atoms with Gasteiger partial charge in [-0.25, -0.2) is 4.68 Å². The minimum Gasteiger partial charge on any atom is -0.494 e. The van der Waals surface area contributed by atoms with E-state index in [2.05, 4.69) is 22.0 Å². The molecule has 6 aromatic rings. The molecular formula is C31H28N6O2S. The predicted octanol–water partition coefficient (Wildman–Crippen LogP) is 5.57. The Hall–Kier alpha value is -4.63. The molecule has 0 saturated heterocycles. The van der Waals surface area contributed by atoms with Gasteiger partial charge in [-0.1, -0.05) is 55.7 Å². The van der Waals surface area contributed by atoms with Gasteiger partial charge in [0.1, 0.15) is 11.4 Å². The summed E-state index contributed by atoms with van der Waals surface area (Å²) < 4.78 is 9.67. The van der Waals surface area contributed by atoms with Crippen molar-refractivity contribution in [2.45, 2.75) is 32.6 Å². The Labute approximate surface area is 235 Å². The SMILES string of the molecule is CCCCCCOc1ccc(-c2nn(-c3ccccc3)cc2/C=c2\sc3nc(-c4ccncc4)nn3c2=O)cc1. The third-order valence-electron chi connectivity index (χ3n) is 6.56. The van der Waals surface area contributed by atoms with Crippen molar-refractivity contribution in [2.24, 2.45) is 0 Å². The average Bonchev–Trinajstić information content (AvgIpc) is 3.69. The van der Waals surface area contributed by atoms with Gasteiger partial charge >= 0.3 is 0 Å². The van der Waals surface area contributed by atoms with Crippen LogP contribution >= 0.6 is 11.3 Å².